The van der Waals surface area contributed by atoms with Crippen molar-refractivity contribution in [1.29, 1.82) is 0 Å². The lowest BCUT2D eigenvalue weighted by atomic mass is 9.73. The van der Waals surface area contributed by atoms with Crippen LogP contribution in [0.5, 0.6) is 0 Å². The first-order valence-electron chi connectivity index (χ1n) is 6.53. The molecule has 3 N–H and O–H groups in total. The Hall–Kier alpha value is -1.20. The van der Waals surface area contributed by atoms with E-state index in [1.54, 1.807) is 6.07 Å². The molecule has 1 amide bonds. The fourth-order valence-electron chi connectivity index (χ4n) is 2.58. The zero-order chi connectivity index (χ0) is 14.8. The second-order valence-electron chi connectivity index (χ2n) is 5.06. The van der Waals surface area contributed by atoms with Crippen molar-refractivity contribution >= 4 is 40.4 Å². The standard InChI is InChI=1S/C14H16ClFN2OS/c15-9-5-4-6-10(11(9)16)18-13(19)14(12(17)20)7-2-1-3-8-14/h4-6H,1-3,7-8H2,(H2,17,20)(H,18,19). The van der Waals surface area contributed by atoms with Crippen molar-refractivity contribution < 1.29 is 9.18 Å². The monoisotopic (exact) mass is 314 g/mol. The average molecular weight is 315 g/mol. The zero-order valence-corrected chi connectivity index (χ0v) is 12.5. The molecule has 1 aliphatic rings. The van der Waals surface area contributed by atoms with Crippen LogP contribution in [-0.4, -0.2) is 10.9 Å². The lowest BCUT2D eigenvalue weighted by Crippen LogP contribution is -2.47. The largest absolute Gasteiger partial charge is 0.392 e. The third-order valence-corrected chi connectivity index (χ3v) is 4.50. The highest BCUT2D eigenvalue weighted by atomic mass is 35.5. The third-order valence-electron chi connectivity index (χ3n) is 3.81. The topological polar surface area (TPSA) is 55.1 Å². The van der Waals surface area contributed by atoms with Gasteiger partial charge in [-0.1, -0.05) is 49.1 Å². The number of nitrogens with two attached hydrogens (primary N) is 1. The quantitative estimate of drug-likeness (QED) is 0.837. The molecule has 108 valence electrons. The van der Waals surface area contributed by atoms with Crippen molar-refractivity contribution in [2.24, 2.45) is 11.1 Å². The fourth-order valence-corrected chi connectivity index (χ4v) is 3.05. The lowest BCUT2D eigenvalue weighted by Gasteiger charge is -2.34. The molecule has 1 aliphatic carbocycles. The molecule has 0 spiro atoms. The summed E-state index contributed by atoms with van der Waals surface area (Å²) in [7, 11) is 0. The van der Waals surface area contributed by atoms with E-state index in [-0.39, 0.29) is 21.6 Å². The van der Waals surface area contributed by atoms with Crippen LogP contribution in [-0.2, 0) is 4.79 Å². The van der Waals surface area contributed by atoms with Gasteiger partial charge in [0.2, 0.25) is 5.91 Å². The van der Waals surface area contributed by atoms with Gasteiger partial charge in [0.15, 0.2) is 5.82 Å². The number of anilines is 1. The highest BCUT2D eigenvalue weighted by Gasteiger charge is 2.42. The van der Waals surface area contributed by atoms with Gasteiger partial charge >= 0.3 is 0 Å². The maximum atomic E-state index is 13.8. The summed E-state index contributed by atoms with van der Waals surface area (Å²) in [5, 5.41) is 2.55. The molecule has 2 rings (SSSR count). The predicted molar refractivity (Wildman–Crippen MR) is 82.3 cm³/mol. The van der Waals surface area contributed by atoms with Crippen LogP contribution in [0.2, 0.25) is 5.02 Å². The van der Waals surface area contributed by atoms with E-state index in [0.717, 1.165) is 19.3 Å². The van der Waals surface area contributed by atoms with Gasteiger partial charge in [-0.2, -0.15) is 0 Å². The Balaban J connectivity index is 2.25. The number of carbonyl (C=O) groups excluding carboxylic acids is 1. The van der Waals surface area contributed by atoms with E-state index in [9.17, 15) is 9.18 Å². The molecular weight excluding hydrogens is 299 g/mol. The molecule has 0 heterocycles. The molecule has 0 unspecified atom stereocenters. The molecule has 3 nitrogen and oxygen atoms in total. The molecule has 0 saturated heterocycles. The summed E-state index contributed by atoms with van der Waals surface area (Å²) < 4.78 is 13.8. The Morgan fingerprint density at radius 2 is 2.00 bits per heavy atom. The minimum Gasteiger partial charge on any atom is -0.392 e. The number of hydrogen-bond acceptors (Lipinski definition) is 2. The number of amides is 1. The lowest BCUT2D eigenvalue weighted by molar-refractivity contribution is -0.123. The van der Waals surface area contributed by atoms with Gasteiger partial charge in [-0.15, -0.1) is 0 Å². The minimum atomic E-state index is -0.873. The number of rotatable bonds is 3. The van der Waals surface area contributed by atoms with Gasteiger partial charge in [-0.25, -0.2) is 4.39 Å². The minimum absolute atomic E-state index is 0.0316. The molecular formula is C14H16ClFN2OS. The van der Waals surface area contributed by atoms with Crippen molar-refractivity contribution in [1.82, 2.24) is 0 Å². The Morgan fingerprint density at radius 1 is 1.35 bits per heavy atom. The SMILES string of the molecule is NC(=S)C1(C(=O)Nc2cccc(Cl)c2F)CCCCC1. The van der Waals surface area contributed by atoms with Crippen molar-refractivity contribution in [3.8, 4) is 0 Å². The van der Waals surface area contributed by atoms with Gasteiger partial charge in [0.25, 0.3) is 0 Å². The number of carbonyl (C=O) groups is 1. The smallest absolute Gasteiger partial charge is 0.237 e. The highest BCUT2D eigenvalue weighted by Crippen LogP contribution is 2.38. The summed E-state index contributed by atoms with van der Waals surface area (Å²) >= 11 is 10.8. The fraction of sp³-hybridized carbons (Fsp3) is 0.429. The predicted octanol–water partition coefficient (Wildman–Crippen LogP) is 3.65. The number of benzene rings is 1. The molecule has 0 atom stereocenters. The van der Waals surface area contributed by atoms with E-state index >= 15 is 0 Å². The molecule has 1 aromatic carbocycles. The van der Waals surface area contributed by atoms with Gasteiger partial charge in [0, 0.05) is 0 Å². The second-order valence-corrected chi connectivity index (χ2v) is 5.91. The highest BCUT2D eigenvalue weighted by molar-refractivity contribution is 7.80. The zero-order valence-electron chi connectivity index (χ0n) is 10.9. The van der Waals surface area contributed by atoms with E-state index in [4.69, 9.17) is 29.6 Å². The Bertz CT molecular complexity index is 544. The molecule has 1 saturated carbocycles. The molecule has 0 bridgehead atoms. The van der Waals surface area contributed by atoms with E-state index in [1.165, 1.54) is 12.1 Å². The van der Waals surface area contributed by atoms with Crippen LogP contribution in [0.4, 0.5) is 10.1 Å². The number of nitrogens with one attached hydrogen (secondary N) is 1. The summed E-state index contributed by atoms with van der Waals surface area (Å²) in [6, 6.07) is 4.47. The first-order chi connectivity index (χ1) is 9.47. The van der Waals surface area contributed by atoms with Gasteiger partial charge < -0.3 is 11.1 Å². The number of thiocarbonyl (C=S) groups is 1. The Morgan fingerprint density at radius 3 is 2.60 bits per heavy atom. The summed E-state index contributed by atoms with van der Waals surface area (Å²) in [6.45, 7) is 0. The summed E-state index contributed by atoms with van der Waals surface area (Å²) in [6.07, 6.45) is 4.06. The van der Waals surface area contributed by atoms with Crippen LogP contribution in [0.1, 0.15) is 32.1 Å². The van der Waals surface area contributed by atoms with Gasteiger partial charge in [-0.05, 0) is 25.0 Å². The van der Waals surface area contributed by atoms with Crippen LogP contribution in [0, 0.1) is 11.2 Å². The Kier molecular flexibility index (Phi) is 4.60. The van der Waals surface area contributed by atoms with Crippen LogP contribution in [0.25, 0.3) is 0 Å². The van der Waals surface area contributed by atoms with Crippen LogP contribution < -0.4 is 11.1 Å². The first-order valence-corrected chi connectivity index (χ1v) is 7.31. The van der Waals surface area contributed by atoms with Crippen molar-refractivity contribution in [3.63, 3.8) is 0 Å². The van der Waals surface area contributed by atoms with Crippen molar-refractivity contribution in [2.75, 3.05) is 5.32 Å². The first kappa shape index (κ1) is 15.2. The molecule has 0 aromatic heterocycles. The van der Waals surface area contributed by atoms with Crippen molar-refractivity contribution in [2.45, 2.75) is 32.1 Å². The number of halogens is 2. The normalized spacial score (nSPS) is 17.5. The van der Waals surface area contributed by atoms with Gasteiger partial charge in [0.05, 0.1) is 21.1 Å². The van der Waals surface area contributed by atoms with E-state index in [1.807, 2.05) is 0 Å². The van der Waals surface area contributed by atoms with Crippen LogP contribution in [0.3, 0.4) is 0 Å². The maximum absolute atomic E-state index is 13.8. The van der Waals surface area contributed by atoms with Gasteiger partial charge in [-0.3, -0.25) is 4.79 Å². The summed E-state index contributed by atoms with van der Waals surface area (Å²) in [5.74, 6) is -0.984. The third kappa shape index (κ3) is 2.79. The van der Waals surface area contributed by atoms with E-state index in [0.29, 0.717) is 12.8 Å². The molecule has 1 fully saturated rings. The van der Waals surface area contributed by atoms with Crippen molar-refractivity contribution in [3.05, 3.63) is 29.0 Å². The van der Waals surface area contributed by atoms with E-state index in [2.05, 4.69) is 5.32 Å². The Labute approximate surface area is 127 Å². The summed E-state index contributed by atoms with van der Waals surface area (Å²) in [5.41, 5.74) is 4.96. The molecule has 6 heteroatoms. The summed E-state index contributed by atoms with van der Waals surface area (Å²) in [4.78, 5) is 12.7. The van der Waals surface area contributed by atoms with E-state index < -0.39 is 11.2 Å². The molecule has 20 heavy (non-hydrogen) atoms. The van der Waals surface area contributed by atoms with Crippen LogP contribution in [0.15, 0.2) is 18.2 Å². The molecule has 0 radical (unpaired) electrons. The molecule has 1 aromatic rings. The second kappa shape index (κ2) is 6.06. The van der Waals surface area contributed by atoms with Gasteiger partial charge in [0.1, 0.15) is 0 Å². The number of hydrogen-bond donors (Lipinski definition) is 2. The maximum Gasteiger partial charge on any atom is 0.237 e. The average Bonchev–Trinajstić information content (AvgIpc) is 2.44. The van der Waals surface area contributed by atoms with Crippen LogP contribution >= 0.6 is 23.8 Å². The molecule has 0 aliphatic heterocycles.